The first-order valence-corrected chi connectivity index (χ1v) is 9.51. The number of benzene rings is 1. The van der Waals surface area contributed by atoms with Crippen LogP contribution in [0.4, 0.5) is 0 Å². The Morgan fingerprint density at radius 3 is 2.54 bits per heavy atom. The minimum Gasteiger partial charge on any atom is -0.401 e. The van der Waals surface area contributed by atoms with E-state index in [0.29, 0.717) is 16.2 Å². The summed E-state index contributed by atoms with van der Waals surface area (Å²) in [6.07, 6.45) is 11.9. The highest BCUT2D eigenvalue weighted by atomic mass is 32.2. The monoisotopic (exact) mass is 368 g/mol. The molecule has 0 fully saturated rings. The summed E-state index contributed by atoms with van der Waals surface area (Å²) >= 11 is 1.33. The molecule has 1 aromatic carbocycles. The second-order valence-electron chi connectivity index (χ2n) is 5.63. The number of hydrogen-bond acceptors (Lipinski definition) is 4. The third-order valence-corrected chi connectivity index (χ3v) is 4.70. The first-order valence-electron chi connectivity index (χ1n) is 8.70. The van der Waals surface area contributed by atoms with Crippen LogP contribution < -0.4 is 11.1 Å². The number of thioether (sulfide) groups is 1. The Kier molecular flexibility index (Phi) is 9.95. The van der Waals surface area contributed by atoms with E-state index in [1.165, 1.54) is 11.8 Å². The lowest BCUT2D eigenvalue weighted by molar-refractivity contribution is 0.104. The Labute approximate surface area is 161 Å². The van der Waals surface area contributed by atoms with E-state index in [0.717, 1.165) is 23.6 Å². The maximum absolute atomic E-state index is 12.8. The summed E-state index contributed by atoms with van der Waals surface area (Å²) in [4.78, 5) is 13.3. The highest BCUT2D eigenvalue weighted by Gasteiger charge is 2.17. The average Bonchev–Trinajstić information content (AvgIpc) is 2.66. The molecular formula is C22H28N2OS. The summed E-state index contributed by atoms with van der Waals surface area (Å²) in [7, 11) is 0. The lowest BCUT2D eigenvalue weighted by Crippen LogP contribution is -2.13. The van der Waals surface area contributed by atoms with E-state index >= 15 is 0 Å². The number of unbranched alkanes of at least 4 members (excludes halogenated alkanes) is 1. The third kappa shape index (κ3) is 7.19. The van der Waals surface area contributed by atoms with E-state index in [4.69, 9.17) is 5.73 Å². The molecule has 3 N–H and O–H groups in total. The van der Waals surface area contributed by atoms with Crippen molar-refractivity contribution in [2.45, 2.75) is 33.6 Å². The van der Waals surface area contributed by atoms with Gasteiger partial charge in [-0.15, -0.1) is 0 Å². The van der Waals surface area contributed by atoms with Gasteiger partial charge in [0.05, 0.1) is 9.93 Å². The quantitative estimate of drug-likeness (QED) is 0.317. The van der Waals surface area contributed by atoms with Crippen molar-refractivity contribution in [2.75, 3.05) is 0 Å². The fourth-order valence-corrected chi connectivity index (χ4v) is 2.91. The van der Waals surface area contributed by atoms with E-state index in [-0.39, 0.29) is 5.78 Å². The van der Waals surface area contributed by atoms with Crippen molar-refractivity contribution in [1.29, 1.82) is 0 Å². The Morgan fingerprint density at radius 2 is 2.00 bits per heavy atom. The van der Waals surface area contributed by atoms with Crippen molar-refractivity contribution in [3.63, 3.8) is 0 Å². The molecule has 0 atom stereocenters. The van der Waals surface area contributed by atoms with Crippen molar-refractivity contribution < 1.29 is 4.79 Å². The van der Waals surface area contributed by atoms with Crippen LogP contribution in [0.25, 0.3) is 0 Å². The zero-order valence-corrected chi connectivity index (χ0v) is 16.6. The number of ketones is 1. The summed E-state index contributed by atoms with van der Waals surface area (Å²) in [5.74, 6) is -0.0799. The Bertz CT molecular complexity index is 724. The van der Waals surface area contributed by atoms with Gasteiger partial charge in [-0.25, -0.2) is 0 Å². The second-order valence-corrected chi connectivity index (χ2v) is 6.68. The van der Waals surface area contributed by atoms with Gasteiger partial charge in [-0.1, -0.05) is 80.2 Å². The van der Waals surface area contributed by atoms with Gasteiger partial charge in [-0.3, -0.25) is 4.79 Å². The van der Waals surface area contributed by atoms with Crippen LogP contribution in [-0.2, 0) is 0 Å². The van der Waals surface area contributed by atoms with Gasteiger partial charge < -0.3 is 11.1 Å². The van der Waals surface area contributed by atoms with Gasteiger partial charge in [0.2, 0.25) is 5.78 Å². The van der Waals surface area contributed by atoms with Crippen molar-refractivity contribution in [3.8, 4) is 0 Å². The van der Waals surface area contributed by atoms with Gasteiger partial charge in [0.1, 0.15) is 0 Å². The summed E-state index contributed by atoms with van der Waals surface area (Å²) in [5.41, 5.74) is 7.97. The molecule has 0 saturated heterocycles. The lowest BCUT2D eigenvalue weighted by Gasteiger charge is -2.14. The van der Waals surface area contributed by atoms with Gasteiger partial charge >= 0.3 is 0 Å². The molecular weight excluding hydrogens is 340 g/mol. The normalized spacial score (nSPS) is 13.5. The van der Waals surface area contributed by atoms with Gasteiger partial charge in [0.15, 0.2) is 0 Å². The van der Waals surface area contributed by atoms with Gasteiger partial charge in [0, 0.05) is 17.0 Å². The summed E-state index contributed by atoms with van der Waals surface area (Å²) in [6, 6.07) is 9.16. The number of rotatable bonds is 10. The number of nitrogens with one attached hydrogen (secondary N) is 1. The molecule has 0 spiro atoms. The fraction of sp³-hybridized carbons (Fsp3) is 0.227. The molecule has 0 saturated carbocycles. The Morgan fingerprint density at radius 1 is 1.31 bits per heavy atom. The van der Waals surface area contributed by atoms with E-state index in [2.05, 4.69) is 24.9 Å². The van der Waals surface area contributed by atoms with Gasteiger partial charge in [0.25, 0.3) is 0 Å². The van der Waals surface area contributed by atoms with Crippen LogP contribution in [0.1, 0.15) is 44.0 Å². The van der Waals surface area contributed by atoms with E-state index in [1.54, 1.807) is 25.1 Å². The number of hydrogen-bond donors (Lipinski definition) is 2. The third-order valence-electron chi connectivity index (χ3n) is 3.43. The predicted molar refractivity (Wildman–Crippen MR) is 114 cm³/mol. The summed E-state index contributed by atoms with van der Waals surface area (Å²) in [6.45, 7) is 9.64. The van der Waals surface area contributed by atoms with Crippen molar-refractivity contribution in [2.24, 2.45) is 5.73 Å². The SMILES string of the molecule is C=C/C(=C\C=C/CCC)N/C(=C/C)S/C(C(=O)c1ccccc1)=C(\C)N. The van der Waals surface area contributed by atoms with Gasteiger partial charge in [-0.05, 0) is 32.4 Å². The molecule has 0 aliphatic heterocycles. The van der Waals surface area contributed by atoms with E-state index in [9.17, 15) is 4.79 Å². The number of carbonyl (C=O) groups is 1. The smallest absolute Gasteiger partial charge is 0.201 e. The van der Waals surface area contributed by atoms with Crippen LogP contribution in [0.2, 0.25) is 0 Å². The van der Waals surface area contributed by atoms with E-state index < -0.39 is 0 Å². The Balaban J connectivity index is 2.94. The van der Waals surface area contributed by atoms with Crippen molar-refractivity contribution in [3.05, 3.63) is 94.2 Å². The van der Waals surface area contributed by atoms with Crippen LogP contribution in [0, 0.1) is 0 Å². The average molecular weight is 369 g/mol. The summed E-state index contributed by atoms with van der Waals surface area (Å²) in [5, 5.41) is 4.12. The molecule has 0 radical (unpaired) electrons. The number of Topliss-reactive ketones (excluding diaryl/α,β-unsaturated/α-hetero) is 1. The molecule has 26 heavy (non-hydrogen) atoms. The van der Waals surface area contributed by atoms with Crippen LogP contribution in [0.3, 0.4) is 0 Å². The molecule has 4 heteroatoms. The van der Waals surface area contributed by atoms with Crippen molar-refractivity contribution in [1.82, 2.24) is 5.32 Å². The standard InChI is InChI=1S/C22H28N2OS/c1-5-8-9-13-16-19(6-2)24-20(7-3)26-22(17(4)23)21(25)18-14-11-10-12-15-18/h6-7,9-16,24H,2,5,8,23H2,1,3-4H3/b13-9-,19-16+,20-7-,22-17+. The molecule has 0 bridgehead atoms. The molecule has 0 unspecified atom stereocenters. The molecule has 0 aromatic heterocycles. The zero-order chi connectivity index (χ0) is 19.4. The topological polar surface area (TPSA) is 55.1 Å². The highest BCUT2D eigenvalue weighted by Crippen LogP contribution is 2.29. The fourth-order valence-electron chi connectivity index (χ4n) is 2.03. The second kappa shape index (κ2) is 12.0. The maximum Gasteiger partial charge on any atom is 0.201 e. The molecule has 1 aromatic rings. The number of allylic oxidation sites excluding steroid dienone is 7. The van der Waals surface area contributed by atoms with Crippen LogP contribution in [-0.4, -0.2) is 5.78 Å². The molecule has 0 heterocycles. The Hall–Kier alpha value is -2.46. The van der Waals surface area contributed by atoms with Gasteiger partial charge in [-0.2, -0.15) is 0 Å². The molecule has 1 rings (SSSR count). The number of nitrogens with two attached hydrogens (primary N) is 1. The molecule has 0 aliphatic rings. The first-order chi connectivity index (χ1) is 12.5. The maximum atomic E-state index is 12.8. The molecule has 0 amide bonds. The number of carbonyl (C=O) groups excluding carboxylic acids is 1. The molecule has 0 aliphatic carbocycles. The molecule has 3 nitrogen and oxygen atoms in total. The van der Waals surface area contributed by atoms with Crippen molar-refractivity contribution >= 4 is 17.5 Å². The summed E-state index contributed by atoms with van der Waals surface area (Å²) < 4.78 is 0. The highest BCUT2D eigenvalue weighted by molar-refractivity contribution is 8.07. The van der Waals surface area contributed by atoms with E-state index in [1.807, 2.05) is 43.4 Å². The minimum absolute atomic E-state index is 0.0799. The largest absolute Gasteiger partial charge is 0.401 e. The van der Waals surface area contributed by atoms with Crippen LogP contribution in [0.5, 0.6) is 0 Å². The zero-order valence-electron chi connectivity index (χ0n) is 15.8. The predicted octanol–water partition coefficient (Wildman–Crippen LogP) is 5.67. The van der Waals surface area contributed by atoms with Crippen LogP contribution >= 0.6 is 11.8 Å². The first kappa shape index (κ1) is 21.6. The molecule has 138 valence electrons. The lowest BCUT2D eigenvalue weighted by atomic mass is 10.1. The van der Waals surface area contributed by atoms with Crippen LogP contribution in [0.15, 0.2) is 88.6 Å². The minimum atomic E-state index is -0.0799.